The Bertz CT molecular complexity index is 4270. The number of fused-ring (bicyclic) bond motifs is 10. The Morgan fingerprint density at radius 1 is 0.464 bits per heavy atom. The molecule has 0 atom stereocenters. The van der Waals surface area contributed by atoms with Crippen molar-refractivity contribution in [3.63, 3.8) is 0 Å². The summed E-state index contributed by atoms with van der Waals surface area (Å²) >= 11 is 0. The van der Waals surface area contributed by atoms with Gasteiger partial charge in [0.1, 0.15) is 11.2 Å². The van der Waals surface area contributed by atoms with E-state index < -0.39 is 0 Å². The number of allylic oxidation sites excluding steroid dienone is 5. The van der Waals surface area contributed by atoms with E-state index in [1.54, 1.807) is 0 Å². The lowest BCUT2D eigenvalue weighted by Gasteiger charge is -2.21. The lowest BCUT2D eigenvalue weighted by atomic mass is 9.91. The smallest absolute Gasteiger partial charge is 0.167 e. The van der Waals surface area contributed by atoms with Crippen molar-refractivity contribution in [2.24, 2.45) is 0 Å². The molecule has 0 saturated carbocycles. The third-order valence-corrected chi connectivity index (χ3v) is 13.5. The summed E-state index contributed by atoms with van der Waals surface area (Å²) in [5.74, 6) is 1.66. The van der Waals surface area contributed by atoms with Crippen molar-refractivity contribution in [1.29, 1.82) is 0 Å². The molecule has 10 aromatic carbocycles. The summed E-state index contributed by atoms with van der Waals surface area (Å²) in [4.78, 5) is 16.1. The van der Waals surface area contributed by atoms with Crippen LogP contribution in [0.4, 0.5) is 0 Å². The number of rotatable bonds is 8. The molecule has 69 heavy (non-hydrogen) atoms. The Balaban J connectivity index is 1.19. The molecule has 0 aliphatic carbocycles. The van der Waals surface area contributed by atoms with Gasteiger partial charge in [0.2, 0.25) is 0 Å². The molecule has 5 nitrogen and oxygen atoms in total. The molecule has 0 N–H and O–H groups in total. The average molecular weight is 883 g/mol. The number of para-hydroxylation sites is 2. The maximum atomic E-state index is 6.61. The third kappa shape index (κ3) is 6.66. The van der Waals surface area contributed by atoms with Crippen LogP contribution in [0.2, 0.25) is 0 Å². The molecule has 0 aliphatic rings. The fourth-order valence-electron chi connectivity index (χ4n) is 10.2. The minimum atomic E-state index is 0.529. The molecule has 0 saturated heterocycles. The Hall–Kier alpha value is -9.19. The lowest BCUT2D eigenvalue weighted by Crippen LogP contribution is -2.04. The SMILES string of the molecule is C=C(/C=C\C=C/C)c1ccc2c(-c3nc(-c4ccccc4)nc(-c4cccc5c4oc4ccccc45)n3)cc(-c3ccccc3)c(-n3c4cc5ccccc5cc4c4ccc5ccccc5c43)c2c1. The average Bonchev–Trinajstić information content (AvgIpc) is 3.95. The zero-order chi connectivity index (χ0) is 46.0. The van der Waals surface area contributed by atoms with Crippen LogP contribution in [0.1, 0.15) is 12.5 Å². The van der Waals surface area contributed by atoms with Crippen molar-refractivity contribution in [3.8, 4) is 51.0 Å². The first-order chi connectivity index (χ1) is 34.1. The van der Waals surface area contributed by atoms with Crippen molar-refractivity contribution in [2.45, 2.75) is 6.92 Å². The summed E-state index contributed by atoms with van der Waals surface area (Å²) in [5, 5.41) is 11.2. The number of nitrogens with zero attached hydrogens (tertiary/aromatic N) is 4. The van der Waals surface area contributed by atoms with Gasteiger partial charge < -0.3 is 8.98 Å². The standard InChI is InChI=1S/C64H42N4O/c1-3-4-7-19-40(2)44-33-34-48-55(36-44)60(68-57-38-46-26-13-12-25-45(46)37-54(57)50-35-32-42-22-14-15-27-47(42)59(50)68)53(41-20-8-5-9-21-41)39-56(48)64-66-62(43-23-10-6-11-24-43)65-63(67-64)52-30-18-29-51-49-28-16-17-31-58(49)69-61(51)52/h3-39H,2H2,1H3/b4-3-,19-7-. The number of hydrogen-bond donors (Lipinski definition) is 0. The monoisotopic (exact) mass is 882 g/mol. The zero-order valence-corrected chi connectivity index (χ0v) is 37.8. The van der Waals surface area contributed by atoms with E-state index in [0.29, 0.717) is 17.5 Å². The molecule has 13 aromatic rings. The van der Waals surface area contributed by atoms with E-state index >= 15 is 0 Å². The van der Waals surface area contributed by atoms with E-state index in [4.69, 9.17) is 19.4 Å². The van der Waals surface area contributed by atoms with E-state index in [1.807, 2.05) is 67.6 Å². The molecule has 13 rings (SSSR count). The highest BCUT2D eigenvalue weighted by Gasteiger charge is 2.25. The topological polar surface area (TPSA) is 56.7 Å². The molecule has 0 spiro atoms. The summed E-state index contributed by atoms with van der Waals surface area (Å²) in [7, 11) is 0. The molecule has 0 unspecified atom stereocenters. The molecule has 3 aromatic heterocycles. The van der Waals surface area contributed by atoms with Crippen LogP contribution >= 0.6 is 0 Å². The molecular weight excluding hydrogens is 841 g/mol. The largest absolute Gasteiger partial charge is 0.455 e. The molecule has 5 heteroatoms. The molecule has 3 heterocycles. The van der Waals surface area contributed by atoms with Crippen LogP contribution in [0, 0.1) is 0 Å². The van der Waals surface area contributed by atoms with Crippen molar-refractivity contribution in [3.05, 3.63) is 237 Å². The molecule has 0 radical (unpaired) electrons. The Morgan fingerprint density at radius 2 is 1.12 bits per heavy atom. The van der Waals surface area contributed by atoms with Gasteiger partial charge in [0.05, 0.1) is 22.3 Å². The molecular formula is C64H42N4O. The van der Waals surface area contributed by atoms with Gasteiger partial charge in [0.25, 0.3) is 0 Å². The van der Waals surface area contributed by atoms with Crippen LogP contribution in [0.25, 0.3) is 133 Å². The van der Waals surface area contributed by atoms with E-state index in [1.165, 1.54) is 32.3 Å². The van der Waals surface area contributed by atoms with Crippen LogP contribution < -0.4 is 0 Å². The summed E-state index contributed by atoms with van der Waals surface area (Å²) in [6.45, 7) is 6.62. The van der Waals surface area contributed by atoms with Gasteiger partial charge in [-0.3, -0.25) is 0 Å². The highest BCUT2D eigenvalue weighted by molar-refractivity contribution is 6.22. The number of benzene rings is 10. The van der Waals surface area contributed by atoms with Crippen LogP contribution in [0.5, 0.6) is 0 Å². The van der Waals surface area contributed by atoms with Crippen LogP contribution in [-0.2, 0) is 0 Å². The molecule has 0 bridgehead atoms. The summed E-state index contributed by atoms with van der Waals surface area (Å²) in [6, 6.07) is 70.9. The van der Waals surface area contributed by atoms with E-state index in [2.05, 4.69) is 175 Å². The van der Waals surface area contributed by atoms with Gasteiger partial charge in [0.15, 0.2) is 17.5 Å². The maximum absolute atomic E-state index is 6.61. The summed E-state index contributed by atoms with van der Waals surface area (Å²) in [6.07, 6.45) is 8.18. The molecule has 0 aliphatic heterocycles. The van der Waals surface area contributed by atoms with Gasteiger partial charge in [-0.15, -0.1) is 0 Å². The van der Waals surface area contributed by atoms with Crippen molar-refractivity contribution < 1.29 is 4.42 Å². The first-order valence-electron chi connectivity index (χ1n) is 23.3. The van der Waals surface area contributed by atoms with Crippen molar-refractivity contribution in [2.75, 3.05) is 0 Å². The first-order valence-corrected chi connectivity index (χ1v) is 23.3. The van der Waals surface area contributed by atoms with Gasteiger partial charge in [-0.1, -0.05) is 195 Å². The second-order valence-electron chi connectivity index (χ2n) is 17.5. The fourth-order valence-corrected chi connectivity index (χ4v) is 10.2. The predicted molar refractivity (Wildman–Crippen MR) is 289 cm³/mol. The number of furan rings is 1. The molecule has 0 amide bonds. The quantitative estimate of drug-likeness (QED) is 0.143. The Morgan fingerprint density at radius 3 is 1.91 bits per heavy atom. The minimum absolute atomic E-state index is 0.529. The Kier molecular flexibility index (Phi) is 9.48. The number of aromatic nitrogens is 4. The van der Waals surface area contributed by atoms with Crippen LogP contribution in [0.15, 0.2) is 235 Å². The van der Waals surface area contributed by atoms with Crippen LogP contribution in [0.3, 0.4) is 0 Å². The van der Waals surface area contributed by atoms with Gasteiger partial charge in [-0.2, -0.15) is 0 Å². The van der Waals surface area contributed by atoms with E-state index in [9.17, 15) is 0 Å². The van der Waals surface area contributed by atoms with Crippen molar-refractivity contribution >= 4 is 81.6 Å². The van der Waals surface area contributed by atoms with Crippen molar-refractivity contribution in [1.82, 2.24) is 19.5 Å². The summed E-state index contributed by atoms with van der Waals surface area (Å²) < 4.78 is 9.13. The van der Waals surface area contributed by atoms with Gasteiger partial charge >= 0.3 is 0 Å². The highest BCUT2D eigenvalue weighted by Crippen LogP contribution is 2.46. The third-order valence-electron chi connectivity index (χ3n) is 13.5. The number of hydrogen-bond acceptors (Lipinski definition) is 4. The predicted octanol–water partition coefficient (Wildman–Crippen LogP) is 17.1. The first kappa shape index (κ1) is 40.1. The normalized spacial score (nSPS) is 12.1. The fraction of sp³-hybridized carbons (Fsp3) is 0.0156. The zero-order valence-electron chi connectivity index (χ0n) is 37.8. The molecule has 0 fully saturated rings. The highest BCUT2D eigenvalue weighted by atomic mass is 16.3. The second kappa shape index (κ2) is 16.3. The van der Waals surface area contributed by atoms with Crippen LogP contribution in [-0.4, -0.2) is 19.5 Å². The maximum Gasteiger partial charge on any atom is 0.167 e. The summed E-state index contributed by atoms with van der Waals surface area (Å²) in [5.41, 5.74) is 11.5. The van der Waals surface area contributed by atoms with E-state index in [-0.39, 0.29) is 0 Å². The second-order valence-corrected chi connectivity index (χ2v) is 17.5. The van der Waals surface area contributed by atoms with Gasteiger partial charge in [-0.05, 0) is 81.6 Å². The van der Waals surface area contributed by atoms with Gasteiger partial charge in [-0.25, -0.2) is 15.0 Å². The minimum Gasteiger partial charge on any atom is -0.455 e. The Labute approximate surface area is 398 Å². The van der Waals surface area contributed by atoms with Gasteiger partial charge in [0, 0.05) is 49.0 Å². The van der Waals surface area contributed by atoms with E-state index in [0.717, 1.165) is 88.4 Å². The lowest BCUT2D eigenvalue weighted by molar-refractivity contribution is 0.669. The molecule has 324 valence electrons.